The molecule has 1 aliphatic heterocycles. The van der Waals surface area contributed by atoms with Gasteiger partial charge in [0.25, 0.3) is 0 Å². The Bertz CT molecular complexity index is 511. The molecule has 130 valence electrons. The highest BCUT2D eigenvalue weighted by Gasteiger charge is 2.18. The lowest BCUT2D eigenvalue weighted by molar-refractivity contribution is -0.121. The monoisotopic (exact) mass is 350 g/mol. The van der Waals surface area contributed by atoms with Crippen molar-refractivity contribution in [1.82, 2.24) is 10.6 Å². The number of rotatable bonds is 7. The van der Waals surface area contributed by atoms with Gasteiger partial charge in [-0.1, -0.05) is 0 Å². The molecule has 1 atom stereocenters. The third-order valence-corrected chi connectivity index (χ3v) is 3.55. The molecule has 2 N–H and O–H groups in total. The van der Waals surface area contributed by atoms with E-state index >= 15 is 0 Å². The standard InChI is InChI=1S/C15H20F2N2O3.ClH/c1-21-12-4-5-13(22-15(16)17)10(7-12)9-19-14(20)8-11-3-2-6-18-11;/h4-5,7,11,15,18H,2-3,6,8-9H2,1H3,(H,19,20);1H. The molecule has 1 fully saturated rings. The molecule has 0 aromatic heterocycles. The van der Waals surface area contributed by atoms with Crippen LogP contribution in [-0.4, -0.2) is 32.2 Å². The van der Waals surface area contributed by atoms with E-state index in [4.69, 9.17) is 4.74 Å². The highest BCUT2D eigenvalue weighted by atomic mass is 35.5. The second-order valence-electron chi connectivity index (χ2n) is 5.13. The van der Waals surface area contributed by atoms with Crippen LogP contribution in [0.3, 0.4) is 0 Å². The van der Waals surface area contributed by atoms with Gasteiger partial charge < -0.3 is 20.1 Å². The summed E-state index contributed by atoms with van der Waals surface area (Å²) in [6, 6.07) is 4.71. The third-order valence-electron chi connectivity index (χ3n) is 3.55. The first-order valence-corrected chi connectivity index (χ1v) is 7.20. The molecule has 1 saturated heterocycles. The van der Waals surface area contributed by atoms with Crippen LogP contribution in [0.15, 0.2) is 18.2 Å². The summed E-state index contributed by atoms with van der Waals surface area (Å²) in [5.41, 5.74) is 0.451. The number of halogens is 3. The van der Waals surface area contributed by atoms with Gasteiger partial charge in [-0.3, -0.25) is 4.79 Å². The van der Waals surface area contributed by atoms with Crippen molar-refractivity contribution in [3.05, 3.63) is 23.8 Å². The first-order valence-electron chi connectivity index (χ1n) is 7.20. The number of carbonyl (C=O) groups excluding carboxylic acids is 1. The molecule has 1 aromatic carbocycles. The lowest BCUT2D eigenvalue weighted by Gasteiger charge is -2.14. The second kappa shape index (κ2) is 9.52. The molecule has 0 bridgehead atoms. The Balaban J connectivity index is 0.00000264. The molecule has 1 aliphatic rings. The first kappa shape index (κ1) is 19.4. The van der Waals surface area contributed by atoms with Crippen LogP contribution in [0.4, 0.5) is 8.78 Å². The molecule has 23 heavy (non-hydrogen) atoms. The molecular weight excluding hydrogens is 330 g/mol. The zero-order valence-corrected chi connectivity index (χ0v) is 13.6. The van der Waals surface area contributed by atoms with Gasteiger partial charge in [0, 0.05) is 24.6 Å². The number of benzene rings is 1. The fourth-order valence-electron chi connectivity index (χ4n) is 2.45. The molecule has 1 unspecified atom stereocenters. The minimum absolute atomic E-state index is 0. The van der Waals surface area contributed by atoms with Crippen molar-refractivity contribution in [1.29, 1.82) is 0 Å². The summed E-state index contributed by atoms with van der Waals surface area (Å²) in [4.78, 5) is 11.9. The van der Waals surface area contributed by atoms with Crippen molar-refractivity contribution in [2.75, 3.05) is 13.7 Å². The Morgan fingerprint density at radius 1 is 1.48 bits per heavy atom. The average molecular weight is 351 g/mol. The summed E-state index contributed by atoms with van der Waals surface area (Å²) in [5, 5.41) is 5.97. The Kier molecular flexibility index (Phi) is 8.05. The molecule has 8 heteroatoms. The van der Waals surface area contributed by atoms with E-state index in [0.29, 0.717) is 17.7 Å². The van der Waals surface area contributed by atoms with Crippen molar-refractivity contribution in [2.45, 2.75) is 38.5 Å². The average Bonchev–Trinajstić information content (AvgIpc) is 2.98. The molecule has 2 rings (SSSR count). The third kappa shape index (κ3) is 6.19. The van der Waals surface area contributed by atoms with Crippen LogP contribution in [0.2, 0.25) is 0 Å². The smallest absolute Gasteiger partial charge is 0.387 e. The SMILES string of the molecule is COc1ccc(OC(F)F)c(CNC(=O)CC2CCCN2)c1.Cl. The van der Waals surface area contributed by atoms with Gasteiger partial charge in [0.2, 0.25) is 5.91 Å². The van der Waals surface area contributed by atoms with Crippen LogP contribution < -0.4 is 20.1 Å². The van der Waals surface area contributed by atoms with Gasteiger partial charge in [-0.25, -0.2) is 0 Å². The zero-order chi connectivity index (χ0) is 15.9. The lowest BCUT2D eigenvalue weighted by atomic mass is 10.1. The predicted octanol–water partition coefficient (Wildman–Crippen LogP) is 2.48. The minimum Gasteiger partial charge on any atom is -0.497 e. The molecular formula is C15H21ClF2N2O3. The van der Waals surface area contributed by atoms with Crippen LogP contribution in [0.5, 0.6) is 11.5 Å². The Morgan fingerprint density at radius 2 is 2.26 bits per heavy atom. The highest BCUT2D eigenvalue weighted by Crippen LogP contribution is 2.25. The molecule has 0 aliphatic carbocycles. The van der Waals surface area contributed by atoms with Gasteiger partial charge >= 0.3 is 6.61 Å². The number of carbonyl (C=O) groups is 1. The number of hydrogen-bond acceptors (Lipinski definition) is 4. The predicted molar refractivity (Wildman–Crippen MR) is 84.4 cm³/mol. The normalized spacial score (nSPS) is 16.8. The van der Waals surface area contributed by atoms with Gasteiger partial charge in [0.15, 0.2) is 0 Å². The van der Waals surface area contributed by atoms with E-state index in [2.05, 4.69) is 15.4 Å². The van der Waals surface area contributed by atoms with E-state index in [-0.39, 0.29) is 36.7 Å². The topological polar surface area (TPSA) is 59.6 Å². The van der Waals surface area contributed by atoms with E-state index < -0.39 is 6.61 Å². The largest absolute Gasteiger partial charge is 0.497 e. The van der Waals surface area contributed by atoms with Crippen molar-refractivity contribution in [3.8, 4) is 11.5 Å². The molecule has 1 amide bonds. The van der Waals surface area contributed by atoms with E-state index in [1.165, 1.54) is 19.2 Å². The summed E-state index contributed by atoms with van der Waals surface area (Å²) in [5.74, 6) is 0.434. The summed E-state index contributed by atoms with van der Waals surface area (Å²) >= 11 is 0. The molecule has 0 saturated carbocycles. The van der Waals surface area contributed by atoms with Gasteiger partial charge in [0.1, 0.15) is 11.5 Å². The number of alkyl halides is 2. The highest BCUT2D eigenvalue weighted by molar-refractivity contribution is 5.85. The quantitative estimate of drug-likeness (QED) is 0.793. The Labute approximate surface area is 140 Å². The van der Waals surface area contributed by atoms with Crippen molar-refractivity contribution in [2.24, 2.45) is 0 Å². The van der Waals surface area contributed by atoms with Gasteiger partial charge in [0.05, 0.1) is 7.11 Å². The maximum Gasteiger partial charge on any atom is 0.387 e. The van der Waals surface area contributed by atoms with Crippen LogP contribution in [0.1, 0.15) is 24.8 Å². The van der Waals surface area contributed by atoms with E-state index in [1.54, 1.807) is 6.07 Å². The van der Waals surface area contributed by atoms with Crippen LogP contribution >= 0.6 is 12.4 Å². The van der Waals surface area contributed by atoms with Gasteiger partial charge in [-0.2, -0.15) is 8.78 Å². The molecule has 0 radical (unpaired) electrons. The summed E-state index contributed by atoms with van der Waals surface area (Å²) in [6.07, 6.45) is 2.43. The number of ether oxygens (including phenoxy) is 2. The lowest BCUT2D eigenvalue weighted by Crippen LogP contribution is -2.31. The molecule has 5 nitrogen and oxygen atoms in total. The van der Waals surface area contributed by atoms with Crippen molar-refractivity contribution < 1.29 is 23.0 Å². The second-order valence-corrected chi connectivity index (χ2v) is 5.13. The fourth-order valence-corrected chi connectivity index (χ4v) is 2.45. The Hall–Kier alpha value is -1.60. The van der Waals surface area contributed by atoms with Crippen LogP contribution in [0.25, 0.3) is 0 Å². The van der Waals surface area contributed by atoms with Crippen LogP contribution in [0, 0.1) is 0 Å². The maximum absolute atomic E-state index is 12.4. The molecule has 1 heterocycles. The number of hydrogen-bond donors (Lipinski definition) is 2. The van der Waals surface area contributed by atoms with Crippen molar-refractivity contribution in [3.63, 3.8) is 0 Å². The molecule has 0 spiro atoms. The van der Waals surface area contributed by atoms with Crippen LogP contribution in [-0.2, 0) is 11.3 Å². The van der Waals surface area contributed by atoms with Crippen molar-refractivity contribution >= 4 is 18.3 Å². The summed E-state index contributed by atoms with van der Waals surface area (Å²) in [7, 11) is 1.48. The van der Waals surface area contributed by atoms with Gasteiger partial charge in [-0.15, -0.1) is 12.4 Å². The number of methoxy groups -OCH3 is 1. The van der Waals surface area contributed by atoms with Gasteiger partial charge in [-0.05, 0) is 37.6 Å². The first-order chi connectivity index (χ1) is 10.6. The Morgan fingerprint density at radius 3 is 2.87 bits per heavy atom. The summed E-state index contributed by atoms with van der Waals surface area (Å²) < 4.78 is 34.3. The van der Waals surface area contributed by atoms with E-state index in [9.17, 15) is 13.6 Å². The maximum atomic E-state index is 12.4. The zero-order valence-electron chi connectivity index (χ0n) is 12.8. The van der Waals surface area contributed by atoms with E-state index in [0.717, 1.165) is 19.4 Å². The van der Waals surface area contributed by atoms with E-state index in [1.807, 2.05) is 0 Å². The molecule has 1 aromatic rings. The fraction of sp³-hybridized carbons (Fsp3) is 0.533. The number of nitrogens with one attached hydrogen (secondary N) is 2. The summed E-state index contributed by atoms with van der Waals surface area (Å²) in [6.45, 7) is -1.86. The minimum atomic E-state index is -2.91. The number of amides is 1.